The number of rotatable bonds is 3. The van der Waals surface area contributed by atoms with Crippen molar-refractivity contribution in [2.24, 2.45) is 0 Å². The highest BCUT2D eigenvalue weighted by atomic mass is 19.1. The normalized spacial score (nSPS) is 13.3. The van der Waals surface area contributed by atoms with Gasteiger partial charge in [-0.3, -0.25) is 4.68 Å². The number of nitrogens with zero attached hydrogens (tertiary/aromatic N) is 4. The molecule has 0 radical (unpaired) electrons. The summed E-state index contributed by atoms with van der Waals surface area (Å²) in [6, 6.07) is 8.44. The average molecular weight is 309 g/mol. The van der Waals surface area contributed by atoms with Crippen molar-refractivity contribution in [3.63, 3.8) is 0 Å². The molecule has 0 bridgehead atoms. The first-order valence-corrected chi connectivity index (χ1v) is 7.63. The number of fused-ring (bicyclic) bond motifs is 1. The average Bonchev–Trinajstić information content (AvgIpc) is 3.13. The van der Waals surface area contributed by atoms with Gasteiger partial charge in [-0.05, 0) is 31.4 Å². The van der Waals surface area contributed by atoms with E-state index < -0.39 is 0 Å². The van der Waals surface area contributed by atoms with E-state index in [4.69, 9.17) is 5.73 Å². The lowest BCUT2D eigenvalue weighted by Gasteiger charge is -2.06. The second kappa shape index (κ2) is 5.46. The van der Waals surface area contributed by atoms with Crippen molar-refractivity contribution in [1.29, 1.82) is 0 Å². The fourth-order valence-corrected chi connectivity index (χ4v) is 3.09. The van der Waals surface area contributed by atoms with Gasteiger partial charge in [0.1, 0.15) is 17.3 Å². The molecule has 2 aromatic heterocycles. The van der Waals surface area contributed by atoms with Gasteiger partial charge in [-0.1, -0.05) is 18.2 Å². The van der Waals surface area contributed by atoms with Crippen LogP contribution in [-0.4, -0.2) is 19.7 Å². The minimum Gasteiger partial charge on any atom is -0.384 e. The third kappa shape index (κ3) is 2.46. The lowest BCUT2D eigenvalue weighted by atomic mass is 10.2. The summed E-state index contributed by atoms with van der Waals surface area (Å²) in [5.41, 5.74) is 9.46. The van der Waals surface area contributed by atoms with Crippen LogP contribution in [0.15, 0.2) is 36.5 Å². The topological polar surface area (TPSA) is 69.6 Å². The Bertz CT molecular complexity index is 871. The molecule has 0 fully saturated rings. The molecule has 0 unspecified atom stereocenters. The molecule has 4 rings (SSSR count). The van der Waals surface area contributed by atoms with Crippen molar-refractivity contribution in [2.75, 3.05) is 5.73 Å². The number of nitrogen functional groups attached to an aromatic ring is 1. The molecule has 2 N–H and O–H groups in total. The Balaban J connectivity index is 1.78. The molecule has 0 atom stereocenters. The molecule has 6 heteroatoms. The van der Waals surface area contributed by atoms with Crippen LogP contribution in [-0.2, 0) is 19.4 Å². The fourth-order valence-electron chi connectivity index (χ4n) is 3.09. The molecule has 116 valence electrons. The summed E-state index contributed by atoms with van der Waals surface area (Å²) in [4.78, 5) is 8.56. The van der Waals surface area contributed by atoms with E-state index in [0.717, 1.165) is 36.2 Å². The van der Waals surface area contributed by atoms with Crippen molar-refractivity contribution < 1.29 is 4.39 Å². The second-order valence-corrected chi connectivity index (χ2v) is 5.68. The van der Waals surface area contributed by atoms with Crippen LogP contribution in [0.4, 0.5) is 10.2 Å². The van der Waals surface area contributed by atoms with Gasteiger partial charge < -0.3 is 5.73 Å². The third-order valence-corrected chi connectivity index (χ3v) is 4.17. The monoisotopic (exact) mass is 309 g/mol. The zero-order chi connectivity index (χ0) is 15.8. The molecule has 0 spiro atoms. The maximum Gasteiger partial charge on any atom is 0.182 e. The number of benzene rings is 1. The highest BCUT2D eigenvalue weighted by Crippen LogP contribution is 2.31. The Morgan fingerprint density at radius 2 is 2.04 bits per heavy atom. The van der Waals surface area contributed by atoms with Crippen LogP contribution in [0, 0.1) is 5.82 Å². The van der Waals surface area contributed by atoms with Crippen LogP contribution < -0.4 is 5.73 Å². The van der Waals surface area contributed by atoms with E-state index in [-0.39, 0.29) is 5.82 Å². The maximum absolute atomic E-state index is 13.9. The van der Waals surface area contributed by atoms with Crippen molar-refractivity contribution in [3.05, 3.63) is 59.2 Å². The quantitative estimate of drug-likeness (QED) is 0.807. The molecule has 5 nitrogen and oxygen atoms in total. The Morgan fingerprint density at radius 1 is 1.17 bits per heavy atom. The van der Waals surface area contributed by atoms with Crippen molar-refractivity contribution >= 4 is 5.82 Å². The molecule has 0 saturated carbocycles. The number of anilines is 1. The van der Waals surface area contributed by atoms with Gasteiger partial charge in [-0.15, -0.1) is 0 Å². The minimum absolute atomic E-state index is 0.212. The zero-order valence-corrected chi connectivity index (χ0v) is 12.5. The first-order valence-electron chi connectivity index (χ1n) is 7.63. The van der Waals surface area contributed by atoms with Crippen LogP contribution in [0.25, 0.3) is 11.5 Å². The third-order valence-electron chi connectivity index (χ3n) is 4.17. The lowest BCUT2D eigenvalue weighted by molar-refractivity contribution is 0.576. The molecular formula is C17H16FN5. The van der Waals surface area contributed by atoms with E-state index in [2.05, 4.69) is 15.1 Å². The van der Waals surface area contributed by atoms with E-state index in [0.29, 0.717) is 23.8 Å². The van der Waals surface area contributed by atoms with Crippen molar-refractivity contribution in [2.45, 2.75) is 25.8 Å². The van der Waals surface area contributed by atoms with Gasteiger partial charge in [0, 0.05) is 23.0 Å². The number of hydrogen-bond donors (Lipinski definition) is 1. The summed E-state index contributed by atoms with van der Waals surface area (Å²) in [6.07, 6.45) is 4.59. The summed E-state index contributed by atoms with van der Waals surface area (Å²) in [5.74, 6) is 0.748. The predicted octanol–water partition coefficient (Wildman–Crippen LogP) is 2.60. The number of halogens is 1. The van der Waals surface area contributed by atoms with Crippen LogP contribution in [0.2, 0.25) is 0 Å². The first-order chi connectivity index (χ1) is 11.2. The Kier molecular flexibility index (Phi) is 3.29. The van der Waals surface area contributed by atoms with E-state index >= 15 is 0 Å². The second-order valence-electron chi connectivity index (χ2n) is 5.68. The predicted molar refractivity (Wildman–Crippen MR) is 85.2 cm³/mol. The highest BCUT2D eigenvalue weighted by molar-refractivity contribution is 5.59. The van der Waals surface area contributed by atoms with Gasteiger partial charge in [0.2, 0.25) is 0 Å². The maximum atomic E-state index is 13.9. The fraction of sp³-hybridized carbons (Fsp3) is 0.235. The Morgan fingerprint density at radius 3 is 2.87 bits per heavy atom. The number of aromatic nitrogens is 4. The summed E-state index contributed by atoms with van der Waals surface area (Å²) in [7, 11) is 0. The van der Waals surface area contributed by atoms with Crippen LogP contribution in [0.5, 0.6) is 0 Å². The molecule has 0 amide bonds. The number of hydrogen-bond acceptors (Lipinski definition) is 4. The van der Waals surface area contributed by atoms with Gasteiger partial charge in [0.15, 0.2) is 5.82 Å². The molecular weight excluding hydrogens is 293 g/mol. The summed E-state index contributed by atoms with van der Waals surface area (Å²) >= 11 is 0. The first kappa shape index (κ1) is 13.9. The van der Waals surface area contributed by atoms with Gasteiger partial charge in [-0.25, -0.2) is 14.4 Å². The Labute approximate surface area is 133 Å². The molecule has 1 aliphatic carbocycles. The summed E-state index contributed by atoms with van der Waals surface area (Å²) in [6.45, 7) is 0.414. The van der Waals surface area contributed by atoms with Gasteiger partial charge in [0.25, 0.3) is 0 Å². The van der Waals surface area contributed by atoms with Crippen LogP contribution in [0.3, 0.4) is 0 Å². The minimum atomic E-state index is -0.212. The molecule has 0 saturated heterocycles. The van der Waals surface area contributed by atoms with E-state index in [1.54, 1.807) is 24.4 Å². The largest absolute Gasteiger partial charge is 0.384 e. The van der Waals surface area contributed by atoms with E-state index in [1.165, 1.54) is 6.07 Å². The molecule has 1 aliphatic rings. The smallest absolute Gasteiger partial charge is 0.182 e. The molecule has 3 aromatic rings. The lowest BCUT2D eigenvalue weighted by Crippen LogP contribution is -2.07. The van der Waals surface area contributed by atoms with Gasteiger partial charge in [0.05, 0.1) is 6.54 Å². The van der Waals surface area contributed by atoms with Gasteiger partial charge in [-0.2, -0.15) is 5.10 Å². The summed E-state index contributed by atoms with van der Waals surface area (Å²) < 4.78 is 15.8. The van der Waals surface area contributed by atoms with Crippen LogP contribution >= 0.6 is 0 Å². The Hall–Kier alpha value is -2.76. The SMILES string of the molecule is Nc1ccnc(-c2nn(Cc3ccccc3F)c3c2CCC3)n1. The van der Waals surface area contributed by atoms with Crippen molar-refractivity contribution in [3.8, 4) is 11.5 Å². The molecule has 2 heterocycles. The highest BCUT2D eigenvalue weighted by Gasteiger charge is 2.25. The van der Waals surface area contributed by atoms with Crippen molar-refractivity contribution in [1.82, 2.24) is 19.7 Å². The van der Waals surface area contributed by atoms with E-state index in [9.17, 15) is 4.39 Å². The van der Waals surface area contributed by atoms with Crippen LogP contribution in [0.1, 0.15) is 23.2 Å². The number of nitrogens with two attached hydrogens (primary N) is 1. The van der Waals surface area contributed by atoms with Gasteiger partial charge >= 0.3 is 0 Å². The standard InChI is InChI=1S/C17H16FN5/c18-13-6-2-1-4-11(13)10-23-14-7-3-5-12(14)16(22-23)17-20-9-8-15(19)21-17/h1-2,4,6,8-9H,3,5,7,10H2,(H2,19,20,21). The zero-order valence-electron chi connectivity index (χ0n) is 12.5. The molecule has 0 aliphatic heterocycles. The van der Waals surface area contributed by atoms with E-state index in [1.807, 2.05) is 10.7 Å². The summed E-state index contributed by atoms with van der Waals surface area (Å²) in [5, 5.41) is 4.65. The molecule has 23 heavy (non-hydrogen) atoms. The molecule has 1 aromatic carbocycles.